The van der Waals surface area contributed by atoms with Gasteiger partial charge in [0.05, 0.1) is 0 Å². The lowest BCUT2D eigenvalue weighted by atomic mass is 10.2. The zero-order chi connectivity index (χ0) is 20.9. The van der Waals surface area contributed by atoms with Crippen molar-refractivity contribution < 1.29 is 4.79 Å². The Bertz CT molecular complexity index is 1000. The van der Waals surface area contributed by atoms with Gasteiger partial charge >= 0.3 is 0 Å². The van der Waals surface area contributed by atoms with Crippen molar-refractivity contribution >= 4 is 40.3 Å². The number of para-hydroxylation sites is 1. The molecular weight excluding hydrogens is 378 g/mol. The SMILES string of the molecule is CC(=O)Nc1ccc(Nc2ncnc(N3CCN(c4ccccc4)CC3)c2N)cc1. The molecule has 2 heterocycles. The van der Waals surface area contributed by atoms with E-state index in [1.165, 1.54) is 18.9 Å². The fraction of sp³-hybridized carbons (Fsp3) is 0.227. The molecule has 1 amide bonds. The molecule has 0 saturated carbocycles. The lowest BCUT2D eigenvalue weighted by molar-refractivity contribution is -0.114. The van der Waals surface area contributed by atoms with Gasteiger partial charge in [-0.05, 0) is 36.4 Å². The zero-order valence-electron chi connectivity index (χ0n) is 16.9. The summed E-state index contributed by atoms with van der Waals surface area (Å²) in [5, 5.41) is 5.99. The Morgan fingerprint density at radius 2 is 1.53 bits per heavy atom. The Balaban J connectivity index is 1.44. The molecule has 8 heteroatoms. The average molecular weight is 403 g/mol. The molecule has 1 fully saturated rings. The largest absolute Gasteiger partial charge is 0.393 e. The third-order valence-electron chi connectivity index (χ3n) is 5.03. The van der Waals surface area contributed by atoms with E-state index in [1.807, 2.05) is 30.3 Å². The van der Waals surface area contributed by atoms with Crippen molar-refractivity contribution in [2.24, 2.45) is 0 Å². The van der Waals surface area contributed by atoms with E-state index in [9.17, 15) is 4.79 Å². The van der Waals surface area contributed by atoms with E-state index in [1.54, 1.807) is 0 Å². The number of rotatable bonds is 5. The van der Waals surface area contributed by atoms with E-state index >= 15 is 0 Å². The van der Waals surface area contributed by atoms with E-state index in [2.05, 4.69) is 54.7 Å². The highest BCUT2D eigenvalue weighted by atomic mass is 16.1. The molecule has 0 atom stereocenters. The quantitative estimate of drug-likeness (QED) is 0.602. The molecule has 1 aliphatic heterocycles. The van der Waals surface area contributed by atoms with Crippen molar-refractivity contribution in [2.75, 3.05) is 52.3 Å². The van der Waals surface area contributed by atoms with Gasteiger partial charge in [0.2, 0.25) is 5.91 Å². The average Bonchev–Trinajstić information content (AvgIpc) is 2.77. The van der Waals surface area contributed by atoms with E-state index < -0.39 is 0 Å². The molecule has 0 aliphatic carbocycles. The number of anilines is 6. The summed E-state index contributed by atoms with van der Waals surface area (Å²) in [4.78, 5) is 24.5. The monoisotopic (exact) mass is 403 g/mol. The third-order valence-corrected chi connectivity index (χ3v) is 5.03. The Kier molecular flexibility index (Phi) is 5.65. The van der Waals surface area contributed by atoms with Crippen LogP contribution in [0, 0.1) is 0 Å². The fourth-order valence-electron chi connectivity index (χ4n) is 3.53. The molecule has 154 valence electrons. The number of carbonyl (C=O) groups excluding carboxylic acids is 1. The van der Waals surface area contributed by atoms with Crippen molar-refractivity contribution in [2.45, 2.75) is 6.92 Å². The molecule has 2 aromatic carbocycles. The number of hydrogen-bond acceptors (Lipinski definition) is 7. The van der Waals surface area contributed by atoms with Crippen LogP contribution in [0.1, 0.15) is 6.92 Å². The van der Waals surface area contributed by atoms with Gasteiger partial charge in [-0.3, -0.25) is 4.79 Å². The van der Waals surface area contributed by atoms with Crippen molar-refractivity contribution in [3.8, 4) is 0 Å². The second kappa shape index (κ2) is 8.69. The summed E-state index contributed by atoms with van der Waals surface area (Å²) in [5.41, 5.74) is 9.73. The number of piperazine rings is 1. The summed E-state index contributed by atoms with van der Waals surface area (Å²) < 4.78 is 0. The topological polar surface area (TPSA) is 99.4 Å². The molecule has 4 N–H and O–H groups in total. The summed E-state index contributed by atoms with van der Waals surface area (Å²) in [7, 11) is 0. The van der Waals surface area contributed by atoms with Gasteiger partial charge in [0.15, 0.2) is 11.6 Å². The highest BCUT2D eigenvalue weighted by Gasteiger charge is 2.21. The third kappa shape index (κ3) is 4.43. The number of benzene rings is 2. The first kappa shape index (κ1) is 19.5. The van der Waals surface area contributed by atoms with Gasteiger partial charge in [-0.15, -0.1) is 0 Å². The number of carbonyl (C=O) groups is 1. The van der Waals surface area contributed by atoms with E-state index in [0.717, 1.165) is 43.4 Å². The van der Waals surface area contributed by atoms with Gasteiger partial charge in [0, 0.05) is 50.2 Å². The molecule has 0 unspecified atom stereocenters. The minimum absolute atomic E-state index is 0.104. The van der Waals surface area contributed by atoms with Crippen LogP contribution in [0.15, 0.2) is 60.9 Å². The molecule has 4 rings (SSSR count). The first-order valence-corrected chi connectivity index (χ1v) is 9.90. The van der Waals surface area contributed by atoms with Crippen LogP contribution in [-0.4, -0.2) is 42.1 Å². The molecule has 1 aliphatic rings. The summed E-state index contributed by atoms with van der Waals surface area (Å²) in [6.45, 7) is 4.96. The Hall–Kier alpha value is -3.81. The molecule has 0 spiro atoms. The number of nitrogens with one attached hydrogen (secondary N) is 2. The van der Waals surface area contributed by atoms with E-state index in [4.69, 9.17) is 5.73 Å². The number of nitrogens with zero attached hydrogens (tertiary/aromatic N) is 4. The normalized spacial score (nSPS) is 13.8. The highest BCUT2D eigenvalue weighted by molar-refractivity contribution is 5.89. The maximum atomic E-state index is 11.2. The van der Waals surface area contributed by atoms with Crippen molar-refractivity contribution in [1.29, 1.82) is 0 Å². The highest BCUT2D eigenvalue weighted by Crippen LogP contribution is 2.30. The van der Waals surface area contributed by atoms with Crippen LogP contribution in [0.5, 0.6) is 0 Å². The smallest absolute Gasteiger partial charge is 0.221 e. The molecule has 1 aromatic heterocycles. The first-order chi connectivity index (χ1) is 14.6. The summed E-state index contributed by atoms with van der Waals surface area (Å²) in [6.07, 6.45) is 1.53. The predicted octanol–water partition coefficient (Wildman–Crippen LogP) is 3.09. The van der Waals surface area contributed by atoms with Gasteiger partial charge in [-0.1, -0.05) is 18.2 Å². The zero-order valence-corrected chi connectivity index (χ0v) is 16.9. The minimum atomic E-state index is -0.104. The van der Waals surface area contributed by atoms with Crippen LogP contribution in [0.2, 0.25) is 0 Å². The number of nitrogen functional groups attached to an aromatic ring is 1. The van der Waals surface area contributed by atoms with Crippen molar-refractivity contribution in [3.05, 3.63) is 60.9 Å². The Labute approximate surface area is 175 Å². The maximum absolute atomic E-state index is 11.2. The van der Waals surface area contributed by atoms with Gasteiger partial charge in [-0.25, -0.2) is 9.97 Å². The molecule has 8 nitrogen and oxygen atoms in total. The molecule has 0 radical (unpaired) electrons. The molecule has 1 saturated heterocycles. The van der Waals surface area contributed by atoms with Gasteiger partial charge < -0.3 is 26.2 Å². The standard InChI is InChI=1S/C22H25N7O/c1-16(30)26-17-7-9-18(10-8-17)27-21-20(23)22(25-15-24-21)29-13-11-28(12-14-29)19-5-3-2-4-6-19/h2-10,15H,11-14,23H2,1H3,(H,26,30)(H,24,25,27). The van der Waals surface area contributed by atoms with Crippen LogP contribution >= 0.6 is 0 Å². The van der Waals surface area contributed by atoms with Crippen molar-refractivity contribution in [3.63, 3.8) is 0 Å². The van der Waals surface area contributed by atoms with Gasteiger partial charge in [0.25, 0.3) is 0 Å². The van der Waals surface area contributed by atoms with Crippen LogP contribution in [-0.2, 0) is 4.79 Å². The van der Waals surface area contributed by atoms with Gasteiger partial charge in [-0.2, -0.15) is 0 Å². The maximum Gasteiger partial charge on any atom is 0.221 e. The van der Waals surface area contributed by atoms with E-state index in [0.29, 0.717) is 11.5 Å². The molecular formula is C22H25N7O. The minimum Gasteiger partial charge on any atom is -0.393 e. The van der Waals surface area contributed by atoms with Crippen molar-refractivity contribution in [1.82, 2.24) is 9.97 Å². The van der Waals surface area contributed by atoms with Crippen LogP contribution in [0.3, 0.4) is 0 Å². The lowest BCUT2D eigenvalue weighted by Crippen LogP contribution is -2.47. The lowest BCUT2D eigenvalue weighted by Gasteiger charge is -2.37. The second-order valence-corrected chi connectivity index (χ2v) is 7.15. The summed E-state index contributed by atoms with van der Waals surface area (Å²) >= 11 is 0. The molecule has 0 bridgehead atoms. The number of hydrogen-bond donors (Lipinski definition) is 3. The summed E-state index contributed by atoms with van der Waals surface area (Å²) in [6, 6.07) is 17.8. The molecule has 3 aromatic rings. The fourth-order valence-corrected chi connectivity index (χ4v) is 3.53. The predicted molar refractivity (Wildman–Crippen MR) is 121 cm³/mol. The van der Waals surface area contributed by atoms with Crippen LogP contribution in [0.4, 0.5) is 34.4 Å². The number of nitrogens with two attached hydrogens (primary N) is 1. The number of aromatic nitrogens is 2. The Morgan fingerprint density at radius 1 is 0.900 bits per heavy atom. The van der Waals surface area contributed by atoms with Crippen LogP contribution < -0.4 is 26.2 Å². The van der Waals surface area contributed by atoms with Gasteiger partial charge in [0.1, 0.15) is 12.0 Å². The van der Waals surface area contributed by atoms with E-state index in [-0.39, 0.29) is 5.91 Å². The molecule has 30 heavy (non-hydrogen) atoms. The summed E-state index contributed by atoms with van der Waals surface area (Å²) in [5.74, 6) is 1.21. The first-order valence-electron chi connectivity index (χ1n) is 9.90. The van der Waals surface area contributed by atoms with Crippen LogP contribution in [0.25, 0.3) is 0 Å². The Morgan fingerprint density at radius 3 is 2.20 bits per heavy atom. The number of amides is 1. The second-order valence-electron chi connectivity index (χ2n) is 7.15.